The van der Waals surface area contributed by atoms with Crippen LogP contribution in [0.1, 0.15) is 10.4 Å². The molecule has 0 atom stereocenters. The molecule has 0 amide bonds. The van der Waals surface area contributed by atoms with E-state index in [9.17, 15) is 8.42 Å². The van der Waals surface area contributed by atoms with E-state index in [1.807, 2.05) is 19.1 Å². The first-order valence-electron chi connectivity index (χ1n) is 6.94. The van der Waals surface area contributed by atoms with Crippen LogP contribution in [0.4, 0.5) is 0 Å². The average Bonchev–Trinajstić information content (AvgIpc) is 2.92. The van der Waals surface area contributed by atoms with E-state index < -0.39 is 10.0 Å². The van der Waals surface area contributed by atoms with Gasteiger partial charge in [-0.25, -0.2) is 8.42 Å². The largest absolute Gasteiger partial charge is 0.256 e. The number of sulfonamides is 1. The molecule has 0 spiro atoms. The van der Waals surface area contributed by atoms with Crippen molar-refractivity contribution in [3.63, 3.8) is 0 Å². The summed E-state index contributed by atoms with van der Waals surface area (Å²) in [5, 5.41) is 0.659. The number of hydrogen-bond acceptors (Lipinski definition) is 4. The highest BCUT2D eigenvalue weighted by molar-refractivity contribution is 9.11. The molecule has 0 N–H and O–H groups in total. The molecule has 0 radical (unpaired) electrons. The molecule has 0 saturated carbocycles. The van der Waals surface area contributed by atoms with Gasteiger partial charge in [0.2, 0.25) is 10.0 Å². The lowest BCUT2D eigenvalue weighted by Gasteiger charge is -2.18. The molecular formula is C16H15BrN2O2S2. The van der Waals surface area contributed by atoms with Gasteiger partial charge in [0.1, 0.15) is 0 Å². The fourth-order valence-corrected chi connectivity index (χ4v) is 5.37. The number of thiophene rings is 1. The second kappa shape index (κ2) is 6.32. The molecule has 3 rings (SSSR count). The van der Waals surface area contributed by atoms with Crippen molar-refractivity contribution in [2.45, 2.75) is 18.4 Å². The van der Waals surface area contributed by atoms with E-state index in [1.165, 1.54) is 15.6 Å². The zero-order valence-electron chi connectivity index (χ0n) is 12.7. The van der Waals surface area contributed by atoms with E-state index in [-0.39, 0.29) is 0 Å². The predicted molar refractivity (Wildman–Crippen MR) is 97.2 cm³/mol. The van der Waals surface area contributed by atoms with Gasteiger partial charge in [-0.15, -0.1) is 11.3 Å². The highest BCUT2D eigenvalue weighted by Gasteiger charge is 2.24. The second-order valence-electron chi connectivity index (χ2n) is 5.25. The van der Waals surface area contributed by atoms with E-state index in [1.54, 1.807) is 37.5 Å². The van der Waals surface area contributed by atoms with Crippen LogP contribution in [0.5, 0.6) is 0 Å². The molecule has 23 heavy (non-hydrogen) atoms. The molecule has 0 aliphatic heterocycles. The summed E-state index contributed by atoms with van der Waals surface area (Å²) in [6.07, 6.45) is 1.68. The third-order valence-corrected chi connectivity index (χ3v) is 7.10. The summed E-state index contributed by atoms with van der Waals surface area (Å²) in [6.45, 7) is 2.27. The van der Waals surface area contributed by atoms with Crippen LogP contribution in [0.15, 0.2) is 51.3 Å². The van der Waals surface area contributed by atoms with Gasteiger partial charge < -0.3 is 0 Å². The van der Waals surface area contributed by atoms with Gasteiger partial charge in [0.15, 0.2) is 0 Å². The third-order valence-electron chi connectivity index (χ3n) is 3.63. The van der Waals surface area contributed by atoms with Crippen molar-refractivity contribution in [2.75, 3.05) is 7.05 Å². The third kappa shape index (κ3) is 3.19. The number of pyridine rings is 1. The lowest BCUT2D eigenvalue weighted by Crippen LogP contribution is -2.26. The average molecular weight is 411 g/mol. The van der Waals surface area contributed by atoms with Crippen LogP contribution < -0.4 is 0 Å². The van der Waals surface area contributed by atoms with E-state index in [4.69, 9.17) is 0 Å². The quantitative estimate of drug-likeness (QED) is 0.647. The standard InChI is InChI=1S/C16H15BrN2O2S2/c1-11-5-7-14(13-4-3-9-18-16(11)13)23(20,21)19(2)10-12-6-8-15(17)22-12/h3-9H,10H2,1-2H3. The lowest BCUT2D eigenvalue weighted by molar-refractivity contribution is 0.470. The molecule has 3 aromatic rings. The molecule has 0 unspecified atom stereocenters. The Morgan fingerprint density at radius 2 is 2.00 bits per heavy atom. The second-order valence-corrected chi connectivity index (χ2v) is 9.81. The Bertz CT molecular complexity index is 967. The highest BCUT2D eigenvalue weighted by atomic mass is 79.9. The predicted octanol–water partition coefficient (Wildman–Crippen LogP) is 4.19. The van der Waals surface area contributed by atoms with E-state index >= 15 is 0 Å². The van der Waals surface area contributed by atoms with Gasteiger partial charge in [0.25, 0.3) is 0 Å². The Morgan fingerprint density at radius 3 is 2.70 bits per heavy atom. The topological polar surface area (TPSA) is 50.3 Å². The van der Waals surface area contributed by atoms with Crippen molar-refractivity contribution in [1.29, 1.82) is 0 Å². The number of aryl methyl sites for hydroxylation is 1. The maximum absolute atomic E-state index is 13.0. The van der Waals surface area contributed by atoms with Gasteiger partial charge >= 0.3 is 0 Å². The van der Waals surface area contributed by atoms with Gasteiger partial charge in [0, 0.05) is 30.1 Å². The summed E-state index contributed by atoms with van der Waals surface area (Å²) in [5.41, 5.74) is 1.69. The van der Waals surface area contributed by atoms with Crippen molar-refractivity contribution in [3.05, 3.63) is 56.8 Å². The molecule has 0 fully saturated rings. The van der Waals surface area contributed by atoms with E-state index in [2.05, 4.69) is 20.9 Å². The molecule has 120 valence electrons. The van der Waals surface area contributed by atoms with Crippen molar-refractivity contribution in [3.8, 4) is 0 Å². The van der Waals surface area contributed by atoms with Crippen LogP contribution >= 0.6 is 27.3 Å². The van der Waals surface area contributed by atoms with Crippen molar-refractivity contribution >= 4 is 48.2 Å². The number of nitrogens with zero attached hydrogens (tertiary/aromatic N) is 2. The summed E-state index contributed by atoms with van der Waals surface area (Å²) in [7, 11) is -1.98. The molecule has 4 nitrogen and oxygen atoms in total. The van der Waals surface area contributed by atoms with Gasteiger partial charge in [-0.2, -0.15) is 4.31 Å². The Kier molecular flexibility index (Phi) is 4.55. The first kappa shape index (κ1) is 16.6. The highest BCUT2D eigenvalue weighted by Crippen LogP contribution is 2.29. The summed E-state index contributed by atoms with van der Waals surface area (Å²) in [6, 6.07) is 10.9. The SMILES string of the molecule is Cc1ccc(S(=O)(=O)N(C)Cc2ccc(Br)s2)c2cccnc12. The maximum Gasteiger partial charge on any atom is 0.243 e. The molecule has 0 aliphatic carbocycles. The van der Waals surface area contributed by atoms with Crippen LogP contribution in [0, 0.1) is 6.92 Å². The number of rotatable bonds is 4. The zero-order valence-corrected chi connectivity index (χ0v) is 15.9. The maximum atomic E-state index is 13.0. The number of halogens is 1. The first-order chi connectivity index (χ1) is 10.9. The van der Waals surface area contributed by atoms with Gasteiger partial charge in [-0.1, -0.05) is 6.07 Å². The van der Waals surface area contributed by atoms with Gasteiger partial charge in [-0.05, 0) is 58.7 Å². The van der Waals surface area contributed by atoms with Crippen LogP contribution in [0.25, 0.3) is 10.9 Å². The Balaban J connectivity index is 2.04. The van der Waals surface area contributed by atoms with Crippen molar-refractivity contribution in [1.82, 2.24) is 9.29 Å². The van der Waals surface area contributed by atoms with Crippen LogP contribution in [0.2, 0.25) is 0 Å². The fraction of sp³-hybridized carbons (Fsp3) is 0.188. The Hall–Kier alpha value is -1.28. The summed E-state index contributed by atoms with van der Waals surface area (Å²) < 4.78 is 28.3. The number of fused-ring (bicyclic) bond motifs is 1. The summed E-state index contributed by atoms with van der Waals surface area (Å²) >= 11 is 4.93. The van der Waals surface area contributed by atoms with Crippen LogP contribution in [0.3, 0.4) is 0 Å². The molecule has 7 heteroatoms. The van der Waals surface area contributed by atoms with Crippen LogP contribution in [-0.2, 0) is 16.6 Å². The molecular weight excluding hydrogens is 396 g/mol. The van der Waals surface area contributed by atoms with Crippen molar-refractivity contribution < 1.29 is 8.42 Å². The first-order valence-corrected chi connectivity index (χ1v) is 9.99. The number of benzene rings is 1. The summed E-state index contributed by atoms with van der Waals surface area (Å²) in [5.74, 6) is 0. The molecule has 1 aromatic carbocycles. The van der Waals surface area contributed by atoms with Gasteiger partial charge in [0.05, 0.1) is 14.2 Å². The zero-order chi connectivity index (χ0) is 16.6. The number of aromatic nitrogens is 1. The minimum Gasteiger partial charge on any atom is -0.256 e. The molecule has 2 aromatic heterocycles. The summed E-state index contributed by atoms with van der Waals surface area (Å²) in [4.78, 5) is 5.59. The smallest absolute Gasteiger partial charge is 0.243 e. The van der Waals surface area contributed by atoms with Crippen molar-refractivity contribution in [2.24, 2.45) is 0 Å². The molecule has 0 bridgehead atoms. The number of hydrogen-bond donors (Lipinski definition) is 0. The monoisotopic (exact) mass is 410 g/mol. The molecule has 0 saturated heterocycles. The normalized spacial score (nSPS) is 12.2. The van der Waals surface area contributed by atoms with Crippen LogP contribution in [-0.4, -0.2) is 24.8 Å². The molecule has 2 heterocycles. The Morgan fingerprint density at radius 1 is 1.22 bits per heavy atom. The van der Waals surface area contributed by atoms with Gasteiger partial charge in [-0.3, -0.25) is 4.98 Å². The van der Waals surface area contributed by atoms with E-state index in [0.717, 1.165) is 19.7 Å². The van der Waals surface area contributed by atoms with E-state index in [0.29, 0.717) is 16.8 Å². The lowest BCUT2D eigenvalue weighted by atomic mass is 10.1. The minimum atomic E-state index is -3.59. The fourth-order valence-electron chi connectivity index (χ4n) is 2.42. The molecule has 0 aliphatic rings. The Labute approximate surface area is 148 Å². The minimum absolute atomic E-state index is 0.296.